The monoisotopic (exact) mass is 427 g/mol. The van der Waals surface area contributed by atoms with Crippen LogP contribution in [0.1, 0.15) is 25.7 Å². The number of halogens is 1. The molecular formula is C23H26ClN3O3. The molecule has 7 heteroatoms. The number of carbonyl (C=O) groups is 1. The minimum absolute atomic E-state index is 0. The third kappa shape index (κ3) is 4.10. The summed E-state index contributed by atoms with van der Waals surface area (Å²) in [7, 11) is 1.67. The summed E-state index contributed by atoms with van der Waals surface area (Å²) in [5.74, 6) is 2.32. The fourth-order valence-electron chi connectivity index (χ4n) is 4.02. The maximum Gasteiger partial charge on any atom is 0.225 e. The number of carbonyl (C=O) groups excluding carboxylic acids is 1. The van der Waals surface area contributed by atoms with Crippen molar-refractivity contribution in [2.45, 2.75) is 31.8 Å². The van der Waals surface area contributed by atoms with Gasteiger partial charge in [-0.2, -0.15) is 5.10 Å². The molecule has 3 heterocycles. The predicted octanol–water partition coefficient (Wildman–Crippen LogP) is 4.21. The molecule has 5 rings (SSSR count). The molecule has 1 aliphatic heterocycles. The fraction of sp³-hybridized carbons (Fsp3) is 0.391. The molecule has 2 fully saturated rings. The van der Waals surface area contributed by atoms with Crippen LogP contribution in [0.2, 0.25) is 0 Å². The number of fused-ring (bicyclic) bond motifs is 1. The Hall–Kier alpha value is -2.73. The number of piperidine rings is 1. The van der Waals surface area contributed by atoms with Gasteiger partial charge in [0, 0.05) is 43.6 Å². The molecule has 1 aliphatic carbocycles. The Balaban J connectivity index is 0.00000218. The van der Waals surface area contributed by atoms with Crippen LogP contribution in [-0.2, 0) is 4.79 Å². The molecule has 158 valence electrons. The summed E-state index contributed by atoms with van der Waals surface area (Å²) >= 11 is 0. The van der Waals surface area contributed by atoms with Gasteiger partial charge < -0.3 is 14.4 Å². The number of amides is 1. The molecule has 0 atom stereocenters. The maximum atomic E-state index is 12.2. The number of likely N-dealkylation sites (tertiary alicyclic amines) is 1. The topological polar surface area (TPSA) is 56.1 Å². The highest BCUT2D eigenvalue weighted by molar-refractivity contribution is 5.85. The van der Waals surface area contributed by atoms with Gasteiger partial charge in [-0.15, -0.1) is 12.4 Å². The summed E-state index contributed by atoms with van der Waals surface area (Å²) < 4.78 is 13.5. The highest BCUT2D eigenvalue weighted by Gasteiger charge is 2.35. The first-order valence-corrected chi connectivity index (χ1v) is 10.3. The summed E-state index contributed by atoms with van der Waals surface area (Å²) in [5.41, 5.74) is 3.07. The van der Waals surface area contributed by atoms with Crippen molar-refractivity contribution in [2.24, 2.45) is 5.92 Å². The largest absolute Gasteiger partial charge is 0.494 e. The van der Waals surface area contributed by atoms with E-state index in [9.17, 15) is 4.79 Å². The molecule has 1 saturated carbocycles. The zero-order valence-corrected chi connectivity index (χ0v) is 17.8. The average Bonchev–Trinajstić information content (AvgIpc) is 3.50. The number of ether oxygens (including phenoxy) is 2. The van der Waals surface area contributed by atoms with Gasteiger partial charge in [0.25, 0.3) is 0 Å². The second kappa shape index (κ2) is 8.56. The lowest BCUT2D eigenvalue weighted by molar-refractivity contribution is -0.134. The van der Waals surface area contributed by atoms with E-state index < -0.39 is 0 Å². The molecule has 1 amide bonds. The molecular weight excluding hydrogens is 402 g/mol. The van der Waals surface area contributed by atoms with Gasteiger partial charge in [-0.1, -0.05) is 12.1 Å². The highest BCUT2D eigenvalue weighted by Crippen LogP contribution is 2.33. The second-order valence-electron chi connectivity index (χ2n) is 7.90. The smallest absolute Gasteiger partial charge is 0.225 e. The summed E-state index contributed by atoms with van der Waals surface area (Å²) in [6.07, 6.45) is 7.87. The molecule has 0 bridgehead atoms. The van der Waals surface area contributed by atoms with Gasteiger partial charge in [-0.3, -0.25) is 4.79 Å². The lowest BCUT2D eigenvalue weighted by Crippen LogP contribution is -2.42. The molecule has 2 aliphatic rings. The van der Waals surface area contributed by atoms with E-state index in [2.05, 4.69) is 17.2 Å². The minimum Gasteiger partial charge on any atom is -0.494 e. The van der Waals surface area contributed by atoms with Crippen LogP contribution < -0.4 is 9.47 Å². The first-order chi connectivity index (χ1) is 14.2. The normalized spacial score (nSPS) is 16.9. The Labute approximate surface area is 182 Å². The summed E-state index contributed by atoms with van der Waals surface area (Å²) in [6, 6.07) is 12.1. The predicted molar refractivity (Wildman–Crippen MR) is 117 cm³/mol. The van der Waals surface area contributed by atoms with Gasteiger partial charge in [0.15, 0.2) is 0 Å². The molecule has 3 aromatic rings. The Morgan fingerprint density at radius 1 is 1.03 bits per heavy atom. The molecule has 0 unspecified atom stereocenters. The fourth-order valence-corrected chi connectivity index (χ4v) is 4.02. The zero-order valence-electron chi connectivity index (χ0n) is 17.0. The van der Waals surface area contributed by atoms with Crippen LogP contribution in [0.5, 0.6) is 11.5 Å². The maximum absolute atomic E-state index is 12.2. The molecule has 6 nitrogen and oxygen atoms in total. The lowest BCUT2D eigenvalue weighted by atomic mass is 10.1. The van der Waals surface area contributed by atoms with E-state index in [-0.39, 0.29) is 18.5 Å². The van der Waals surface area contributed by atoms with Crippen molar-refractivity contribution in [3.63, 3.8) is 0 Å². The highest BCUT2D eigenvalue weighted by atomic mass is 35.5. The van der Waals surface area contributed by atoms with Crippen molar-refractivity contribution >= 4 is 23.8 Å². The molecule has 0 radical (unpaired) electrons. The lowest BCUT2D eigenvalue weighted by Gasteiger charge is -2.32. The van der Waals surface area contributed by atoms with Gasteiger partial charge in [0.05, 0.1) is 13.3 Å². The van der Waals surface area contributed by atoms with Crippen molar-refractivity contribution in [3.8, 4) is 22.6 Å². The summed E-state index contributed by atoms with van der Waals surface area (Å²) in [5, 5.41) is 4.33. The van der Waals surface area contributed by atoms with Crippen molar-refractivity contribution < 1.29 is 14.3 Å². The van der Waals surface area contributed by atoms with E-state index >= 15 is 0 Å². The average molecular weight is 428 g/mol. The Kier molecular flexibility index (Phi) is 5.86. The Morgan fingerprint density at radius 2 is 1.77 bits per heavy atom. The van der Waals surface area contributed by atoms with Crippen LogP contribution >= 0.6 is 12.4 Å². The van der Waals surface area contributed by atoms with Gasteiger partial charge in [0.2, 0.25) is 5.91 Å². The first-order valence-electron chi connectivity index (χ1n) is 10.3. The number of rotatable bonds is 5. The number of aromatic nitrogens is 2. The van der Waals surface area contributed by atoms with E-state index in [4.69, 9.17) is 9.47 Å². The van der Waals surface area contributed by atoms with E-state index in [0.29, 0.717) is 11.8 Å². The van der Waals surface area contributed by atoms with Crippen molar-refractivity contribution in [3.05, 3.63) is 48.8 Å². The van der Waals surface area contributed by atoms with Crippen LogP contribution in [0, 0.1) is 5.92 Å². The van der Waals surface area contributed by atoms with Crippen LogP contribution in [0.25, 0.3) is 16.6 Å². The SMILES string of the molecule is COc1cc(-c2ccc(OC3CCN(C(=O)C4CC4)CC3)cc2)cn2nccc12.Cl. The number of pyridine rings is 1. The van der Waals surface area contributed by atoms with Crippen LogP contribution in [0.4, 0.5) is 0 Å². The van der Waals surface area contributed by atoms with Gasteiger partial charge in [-0.05, 0) is 42.7 Å². The van der Waals surface area contributed by atoms with E-state index in [1.165, 1.54) is 0 Å². The Bertz CT molecular complexity index is 1020. The van der Waals surface area contributed by atoms with E-state index in [1.54, 1.807) is 13.3 Å². The number of benzene rings is 1. The van der Waals surface area contributed by atoms with Gasteiger partial charge >= 0.3 is 0 Å². The van der Waals surface area contributed by atoms with Crippen molar-refractivity contribution in [1.82, 2.24) is 14.5 Å². The van der Waals surface area contributed by atoms with Crippen LogP contribution in [0.3, 0.4) is 0 Å². The third-order valence-electron chi connectivity index (χ3n) is 5.86. The quantitative estimate of drug-likeness (QED) is 0.612. The molecule has 1 saturated heterocycles. The molecule has 0 spiro atoms. The third-order valence-corrected chi connectivity index (χ3v) is 5.86. The van der Waals surface area contributed by atoms with E-state index in [0.717, 1.165) is 66.9 Å². The molecule has 2 aromatic heterocycles. The second-order valence-corrected chi connectivity index (χ2v) is 7.90. The molecule has 30 heavy (non-hydrogen) atoms. The molecule has 0 N–H and O–H groups in total. The Morgan fingerprint density at radius 3 is 2.43 bits per heavy atom. The number of methoxy groups -OCH3 is 1. The van der Waals surface area contributed by atoms with Crippen molar-refractivity contribution in [1.29, 1.82) is 0 Å². The van der Waals surface area contributed by atoms with Crippen molar-refractivity contribution in [2.75, 3.05) is 20.2 Å². The zero-order chi connectivity index (χ0) is 19.8. The van der Waals surface area contributed by atoms with Crippen LogP contribution in [0.15, 0.2) is 48.8 Å². The summed E-state index contributed by atoms with van der Waals surface area (Å²) in [6.45, 7) is 1.61. The number of nitrogens with zero attached hydrogens (tertiary/aromatic N) is 3. The number of hydrogen-bond acceptors (Lipinski definition) is 4. The minimum atomic E-state index is 0. The van der Waals surface area contributed by atoms with Gasteiger partial charge in [0.1, 0.15) is 23.1 Å². The van der Waals surface area contributed by atoms with E-state index in [1.807, 2.05) is 39.9 Å². The summed E-state index contributed by atoms with van der Waals surface area (Å²) in [4.78, 5) is 14.2. The van der Waals surface area contributed by atoms with Crippen LogP contribution in [-0.4, -0.2) is 46.7 Å². The standard InChI is InChI=1S/C23H25N3O3.ClH/c1-28-22-14-18(15-26-21(22)8-11-24-26)16-4-6-19(7-5-16)29-20-9-12-25(13-10-20)23(27)17-2-3-17;/h4-8,11,14-15,17,20H,2-3,9-10,12-13H2,1H3;1H. The first kappa shape index (κ1) is 20.5. The van der Waals surface area contributed by atoms with Gasteiger partial charge in [-0.25, -0.2) is 4.52 Å². The number of hydrogen-bond donors (Lipinski definition) is 0. The molecule has 1 aromatic carbocycles.